The predicted molar refractivity (Wildman–Crippen MR) is 104 cm³/mol. The van der Waals surface area contributed by atoms with Gasteiger partial charge in [0.25, 0.3) is 0 Å². The van der Waals surface area contributed by atoms with Gasteiger partial charge in [-0.3, -0.25) is 0 Å². The van der Waals surface area contributed by atoms with Crippen molar-refractivity contribution in [3.63, 3.8) is 0 Å². The maximum absolute atomic E-state index is 9.03. The molecule has 1 nitrogen and oxygen atoms in total. The van der Waals surface area contributed by atoms with Crippen molar-refractivity contribution in [2.24, 2.45) is 11.8 Å². The Morgan fingerprint density at radius 1 is 0.826 bits per heavy atom. The van der Waals surface area contributed by atoms with Crippen LogP contribution in [0.3, 0.4) is 0 Å². The van der Waals surface area contributed by atoms with Crippen LogP contribution < -0.4 is 0 Å². The summed E-state index contributed by atoms with van der Waals surface area (Å²) in [6, 6.07) is 0. The van der Waals surface area contributed by atoms with Crippen molar-refractivity contribution in [1.82, 2.24) is 0 Å². The minimum absolute atomic E-state index is 0. The summed E-state index contributed by atoms with van der Waals surface area (Å²) in [4.78, 5) is 0. The molecule has 1 aliphatic rings. The number of aliphatic hydroxyl groups is 1. The zero-order valence-electron chi connectivity index (χ0n) is 15.9. The Labute approximate surface area is 172 Å². The van der Waals surface area contributed by atoms with E-state index in [9.17, 15) is 0 Å². The fourth-order valence-corrected chi connectivity index (χ4v) is 4.29. The zero-order chi connectivity index (χ0) is 16.0. The van der Waals surface area contributed by atoms with Crippen LogP contribution >= 0.6 is 11.6 Å². The molecule has 0 aromatic heterocycles. The van der Waals surface area contributed by atoms with Crippen LogP contribution in [0.1, 0.15) is 110 Å². The number of unbranched alkanes of at least 4 members (excludes halogenated alkanes) is 8. The van der Waals surface area contributed by atoms with Crippen LogP contribution in [0, 0.1) is 11.8 Å². The molecule has 3 heteroatoms. The molecule has 3 atom stereocenters. The molecule has 1 N–H and O–H groups in total. The summed E-state index contributed by atoms with van der Waals surface area (Å²) in [7, 11) is 0. The van der Waals surface area contributed by atoms with E-state index in [4.69, 9.17) is 16.7 Å². The Morgan fingerprint density at radius 3 is 1.83 bits per heavy atom. The topological polar surface area (TPSA) is 20.2 Å². The number of rotatable bonds is 14. The van der Waals surface area contributed by atoms with Gasteiger partial charge in [-0.1, -0.05) is 108 Å². The molecule has 1 saturated carbocycles. The minimum atomic E-state index is -0.628. The molecule has 1 radical (unpaired) electrons. The summed E-state index contributed by atoms with van der Waals surface area (Å²) >= 11 is 5.56. The molecule has 133 valence electrons. The van der Waals surface area contributed by atoms with Gasteiger partial charge in [0.05, 0.1) is 0 Å². The van der Waals surface area contributed by atoms with Crippen LogP contribution in [0.15, 0.2) is 0 Å². The summed E-state index contributed by atoms with van der Waals surface area (Å²) in [5, 5.41) is 9.03. The molecule has 1 rings (SSSR count). The first-order valence-electron chi connectivity index (χ1n) is 10.1. The fourth-order valence-electron chi connectivity index (χ4n) is 4.13. The monoisotopic (exact) mass is 353 g/mol. The second-order valence-electron chi connectivity index (χ2n) is 7.43. The van der Waals surface area contributed by atoms with E-state index in [0.717, 1.165) is 24.7 Å². The van der Waals surface area contributed by atoms with E-state index in [-0.39, 0.29) is 29.6 Å². The molecule has 0 amide bonds. The number of alkyl halides is 1. The summed E-state index contributed by atoms with van der Waals surface area (Å²) in [6.45, 7) is 2.29. The molecule has 1 unspecified atom stereocenters. The van der Waals surface area contributed by atoms with Crippen molar-refractivity contribution in [2.75, 3.05) is 0 Å². The Bertz CT molecular complexity index is 248. The van der Waals surface area contributed by atoms with Gasteiger partial charge >= 0.3 is 0 Å². The number of hydrogen-bond acceptors (Lipinski definition) is 1. The molecule has 0 bridgehead atoms. The Kier molecular flexibility index (Phi) is 17.6. The van der Waals surface area contributed by atoms with Gasteiger partial charge in [-0.15, -0.1) is 0 Å². The van der Waals surface area contributed by atoms with Gasteiger partial charge in [0.2, 0.25) is 0 Å². The van der Waals surface area contributed by atoms with Gasteiger partial charge in [-0.2, -0.15) is 0 Å². The summed E-state index contributed by atoms with van der Waals surface area (Å²) in [5.74, 6) is 2.06. The number of halogens is 1. The molecule has 0 spiro atoms. The van der Waals surface area contributed by atoms with Gasteiger partial charge in [-0.25, -0.2) is 0 Å². The second-order valence-corrected chi connectivity index (χ2v) is 7.94. The number of aliphatic hydroxyl groups excluding tert-OH is 1. The minimum Gasteiger partial charge on any atom is -0.378 e. The van der Waals surface area contributed by atoms with Gasteiger partial charge in [-0.05, 0) is 24.7 Å². The van der Waals surface area contributed by atoms with E-state index >= 15 is 0 Å². The Morgan fingerprint density at radius 2 is 1.30 bits per heavy atom. The molecular weight excluding hydrogens is 315 g/mol. The van der Waals surface area contributed by atoms with E-state index in [2.05, 4.69) is 6.92 Å². The third kappa shape index (κ3) is 13.2. The van der Waals surface area contributed by atoms with Crippen LogP contribution in [0.25, 0.3) is 0 Å². The van der Waals surface area contributed by atoms with E-state index in [1.54, 1.807) is 0 Å². The Hall–Kier alpha value is 1.25. The SMILES string of the molecule is CCCCCCCC[C@H]1CCC[C@@H]1CCCCCCC(O)Cl.[Na]. The van der Waals surface area contributed by atoms with E-state index in [1.807, 2.05) is 0 Å². The van der Waals surface area contributed by atoms with Crippen LogP contribution in [0.5, 0.6) is 0 Å². The zero-order valence-corrected chi connectivity index (χ0v) is 18.6. The largest absolute Gasteiger partial charge is 0.378 e. The smallest absolute Gasteiger partial charge is 0.128 e. The quantitative estimate of drug-likeness (QED) is 0.210. The molecule has 23 heavy (non-hydrogen) atoms. The van der Waals surface area contributed by atoms with Gasteiger partial charge < -0.3 is 5.11 Å². The van der Waals surface area contributed by atoms with Gasteiger partial charge in [0, 0.05) is 29.6 Å². The van der Waals surface area contributed by atoms with Crippen molar-refractivity contribution >= 4 is 41.2 Å². The van der Waals surface area contributed by atoms with Gasteiger partial charge in [0.15, 0.2) is 0 Å². The van der Waals surface area contributed by atoms with Crippen molar-refractivity contribution in [3.8, 4) is 0 Å². The van der Waals surface area contributed by atoms with Crippen molar-refractivity contribution < 1.29 is 5.11 Å². The first-order chi connectivity index (χ1) is 10.7. The first kappa shape index (κ1) is 24.2. The van der Waals surface area contributed by atoms with E-state index in [1.165, 1.54) is 89.9 Å². The molecule has 0 heterocycles. The third-order valence-electron chi connectivity index (χ3n) is 5.51. The summed E-state index contributed by atoms with van der Waals surface area (Å²) < 4.78 is 0. The molecule has 0 aliphatic heterocycles. The van der Waals surface area contributed by atoms with Crippen LogP contribution in [-0.2, 0) is 0 Å². The summed E-state index contributed by atoms with van der Waals surface area (Å²) in [5.41, 5.74) is -0.628. The molecular formula is C20H39ClNaO. The third-order valence-corrected chi connectivity index (χ3v) is 5.73. The maximum atomic E-state index is 9.03. The van der Waals surface area contributed by atoms with Crippen molar-refractivity contribution in [1.29, 1.82) is 0 Å². The molecule has 0 aromatic carbocycles. The predicted octanol–water partition coefficient (Wildman–Crippen LogP) is 6.67. The molecule has 1 fully saturated rings. The normalized spacial score (nSPS) is 22.0. The first-order valence-corrected chi connectivity index (χ1v) is 10.5. The van der Waals surface area contributed by atoms with E-state index < -0.39 is 5.56 Å². The number of hydrogen-bond donors (Lipinski definition) is 1. The Balaban J connectivity index is 0.00000484. The summed E-state index contributed by atoms with van der Waals surface area (Å²) in [6.07, 6.45) is 21.8. The average molecular weight is 354 g/mol. The molecule has 1 aliphatic carbocycles. The van der Waals surface area contributed by atoms with Crippen LogP contribution in [0.4, 0.5) is 0 Å². The van der Waals surface area contributed by atoms with Crippen molar-refractivity contribution in [3.05, 3.63) is 0 Å². The average Bonchev–Trinajstić information content (AvgIpc) is 2.93. The molecule has 0 aromatic rings. The second kappa shape index (κ2) is 16.7. The van der Waals surface area contributed by atoms with Crippen LogP contribution in [0.2, 0.25) is 0 Å². The fraction of sp³-hybridized carbons (Fsp3) is 1.00. The van der Waals surface area contributed by atoms with Crippen LogP contribution in [-0.4, -0.2) is 40.2 Å². The standard InChI is InChI=1S/C20H39ClO.Na/c1-2-3-4-5-6-9-13-18-15-12-16-19(18)14-10-7-8-11-17-20(21)22;/h18-20,22H,2-17H2,1H3;/t18-,19-,20?;/m0./s1. The molecule has 0 saturated heterocycles. The van der Waals surface area contributed by atoms with Crippen molar-refractivity contribution in [2.45, 2.75) is 115 Å². The maximum Gasteiger partial charge on any atom is 0.128 e. The van der Waals surface area contributed by atoms with E-state index in [0.29, 0.717) is 0 Å². The van der Waals surface area contributed by atoms with Gasteiger partial charge in [0.1, 0.15) is 5.56 Å².